The second kappa shape index (κ2) is 4.88. The number of imidazole rings is 1. The summed E-state index contributed by atoms with van der Waals surface area (Å²) in [5, 5.41) is 0.580. The first kappa shape index (κ1) is 12.4. The molecule has 0 fully saturated rings. The summed E-state index contributed by atoms with van der Waals surface area (Å²) in [6.07, 6.45) is 1.77. The van der Waals surface area contributed by atoms with Crippen LogP contribution in [0.25, 0.3) is 5.65 Å². The molecule has 2 rings (SSSR count). The molecule has 0 aliphatic carbocycles. The van der Waals surface area contributed by atoms with Crippen molar-refractivity contribution in [3.8, 4) is 0 Å². The van der Waals surface area contributed by atoms with Crippen molar-refractivity contribution in [2.45, 2.75) is 11.9 Å². The summed E-state index contributed by atoms with van der Waals surface area (Å²) in [7, 11) is -1.08. The maximum Gasteiger partial charge on any atom is 0.144 e. The molecule has 0 amide bonds. The Morgan fingerprint density at radius 2 is 2.40 bits per heavy atom. The van der Waals surface area contributed by atoms with E-state index in [2.05, 4.69) is 11.1 Å². The van der Waals surface area contributed by atoms with E-state index in [0.717, 1.165) is 0 Å². The molecule has 6 heteroatoms. The van der Waals surface area contributed by atoms with Crippen LogP contribution in [-0.4, -0.2) is 19.3 Å². The molecular formula is C9H10N3OReS-. The van der Waals surface area contributed by atoms with Crippen LogP contribution in [0.1, 0.15) is 6.92 Å². The monoisotopic (exact) mass is 395 g/mol. The number of hydrogen-bond acceptors (Lipinski definition) is 3. The van der Waals surface area contributed by atoms with Gasteiger partial charge in [0.2, 0.25) is 0 Å². The van der Waals surface area contributed by atoms with Crippen LogP contribution in [0.3, 0.4) is 0 Å². The zero-order valence-electron chi connectivity index (χ0n) is 8.11. The number of nitrogens with zero attached hydrogens (tertiary/aromatic N) is 2. The largest absolute Gasteiger partial charge is 0.399 e. The van der Waals surface area contributed by atoms with Gasteiger partial charge in [-0.1, -0.05) is 13.1 Å². The summed E-state index contributed by atoms with van der Waals surface area (Å²) < 4.78 is 13.4. The van der Waals surface area contributed by atoms with Crippen LogP contribution in [0.4, 0.5) is 5.82 Å². The third-order valence-corrected chi connectivity index (χ3v) is 3.29. The average Bonchev–Trinajstić information content (AvgIpc) is 2.53. The number of nitrogens with two attached hydrogens (primary N) is 1. The minimum absolute atomic E-state index is 0. The number of nitrogen functional groups attached to an aromatic ring is 1. The Morgan fingerprint density at radius 3 is 3.07 bits per heavy atom. The number of rotatable bonds is 2. The molecular weight excluding hydrogens is 384 g/mol. The average molecular weight is 394 g/mol. The molecule has 0 bridgehead atoms. The van der Waals surface area contributed by atoms with E-state index in [-0.39, 0.29) is 20.4 Å². The van der Waals surface area contributed by atoms with Gasteiger partial charge in [-0.15, -0.1) is 6.07 Å². The summed E-state index contributed by atoms with van der Waals surface area (Å²) in [5.41, 5.74) is 6.37. The van der Waals surface area contributed by atoms with E-state index >= 15 is 0 Å². The van der Waals surface area contributed by atoms with Crippen molar-refractivity contribution < 1.29 is 24.6 Å². The van der Waals surface area contributed by atoms with Gasteiger partial charge in [0, 0.05) is 31.8 Å². The van der Waals surface area contributed by atoms with E-state index < -0.39 is 10.8 Å². The van der Waals surface area contributed by atoms with Gasteiger partial charge < -0.3 is 10.1 Å². The molecule has 81 valence electrons. The molecule has 1 radical (unpaired) electrons. The van der Waals surface area contributed by atoms with Crippen molar-refractivity contribution in [3.63, 3.8) is 0 Å². The van der Waals surface area contributed by atoms with E-state index in [1.165, 1.54) is 0 Å². The number of aromatic nitrogens is 2. The smallest absolute Gasteiger partial charge is 0.144 e. The van der Waals surface area contributed by atoms with E-state index in [9.17, 15) is 4.21 Å². The summed E-state index contributed by atoms with van der Waals surface area (Å²) in [4.78, 5) is 4.10. The van der Waals surface area contributed by atoms with Gasteiger partial charge in [0.15, 0.2) is 0 Å². The minimum atomic E-state index is -1.08. The Kier molecular flexibility index (Phi) is 4.03. The van der Waals surface area contributed by atoms with E-state index in [4.69, 9.17) is 5.73 Å². The molecule has 2 aromatic heterocycles. The summed E-state index contributed by atoms with van der Waals surface area (Å²) in [6.45, 7) is 1.85. The van der Waals surface area contributed by atoms with Crippen LogP contribution < -0.4 is 5.73 Å². The van der Waals surface area contributed by atoms with Crippen LogP contribution in [0.15, 0.2) is 23.4 Å². The van der Waals surface area contributed by atoms with Crippen molar-refractivity contribution in [2.75, 3.05) is 11.5 Å². The zero-order valence-corrected chi connectivity index (χ0v) is 11.6. The van der Waals surface area contributed by atoms with Gasteiger partial charge in [0.1, 0.15) is 10.8 Å². The Labute approximate surface area is 104 Å². The maximum atomic E-state index is 11.7. The molecule has 0 saturated heterocycles. The quantitative estimate of drug-likeness (QED) is 0.768. The Hall–Kier alpha value is -0.698. The van der Waals surface area contributed by atoms with E-state index in [1.807, 2.05) is 6.92 Å². The fourth-order valence-corrected chi connectivity index (χ4v) is 2.23. The number of pyridine rings is 1. The third-order valence-electron chi connectivity index (χ3n) is 1.93. The molecule has 0 aliphatic heterocycles. The number of hydrogen-bond donors (Lipinski definition) is 1. The second-order valence-electron chi connectivity index (χ2n) is 2.79. The zero-order chi connectivity index (χ0) is 10.1. The van der Waals surface area contributed by atoms with Crippen molar-refractivity contribution >= 4 is 22.3 Å². The van der Waals surface area contributed by atoms with Gasteiger partial charge >= 0.3 is 0 Å². The number of anilines is 1. The molecule has 4 nitrogen and oxygen atoms in total. The maximum absolute atomic E-state index is 11.7. The fraction of sp³-hybridized carbons (Fsp3) is 0.222. The van der Waals surface area contributed by atoms with Crippen molar-refractivity contribution in [1.29, 1.82) is 0 Å². The van der Waals surface area contributed by atoms with Crippen LogP contribution in [-0.2, 0) is 31.2 Å². The Balaban J connectivity index is 0.00000112. The fourth-order valence-electron chi connectivity index (χ4n) is 1.30. The summed E-state index contributed by atoms with van der Waals surface area (Å²) >= 11 is 0. The van der Waals surface area contributed by atoms with Crippen LogP contribution in [0.5, 0.6) is 0 Å². The molecule has 1 unspecified atom stereocenters. The second-order valence-corrected chi connectivity index (χ2v) is 4.45. The molecule has 0 aliphatic rings. The molecule has 15 heavy (non-hydrogen) atoms. The SMILES string of the molecule is CCS(=O)c1c(N)nc2c[c-]ccn12.[Re]. The standard InChI is InChI=1S/C9H10N3OS.Re/c1-2-14(13)9-8(10)11-7-5-3-4-6-12(7)9;/h4-6H,2,10H2,1H3;/q-1;. The first-order chi connectivity index (χ1) is 6.74. The summed E-state index contributed by atoms with van der Waals surface area (Å²) in [6, 6.07) is 6.35. The van der Waals surface area contributed by atoms with Crippen molar-refractivity contribution in [2.24, 2.45) is 0 Å². The molecule has 1 atom stereocenters. The van der Waals surface area contributed by atoms with Crippen LogP contribution >= 0.6 is 0 Å². The Morgan fingerprint density at radius 1 is 1.67 bits per heavy atom. The molecule has 0 aromatic carbocycles. The minimum Gasteiger partial charge on any atom is -0.399 e. The van der Waals surface area contributed by atoms with Gasteiger partial charge in [-0.3, -0.25) is 9.19 Å². The van der Waals surface area contributed by atoms with Crippen LogP contribution in [0.2, 0.25) is 0 Å². The molecule has 2 aromatic rings. The molecule has 0 saturated carbocycles. The number of fused-ring (bicyclic) bond motifs is 1. The molecule has 0 spiro atoms. The van der Waals surface area contributed by atoms with Crippen LogP contribution in [0, 0.1) is 6.07 Å². The van der Waals surface area contributed by atoms with Crippen molar-refractivity contribution in [3.05, 3.63) is 24.4 Å². The first-order valence-corrected chi connectivity index (χ1v) is 5.58. The normalized spacial score (nSPS) is 12.3. The van der Waals surface area contributed by atoms with E-state index in [1.54, 1.807) is 22.7 Å². The Bertz CT molecular complexity index is 497. The summed E-state index contributed by atoms with van der Waals surface area (Å²) in [5.74, 6) is 0.876. The predicted molar refractivity (Wildman–Crippen MR) is 55.4 cm³/mol. The van der Waals surface area contributed by atoms with E-state index in [0.29, 0.717) is 22.2 Å². The van der Waals surface area contributed by atoms with Gasteiger partial charge in [-0.25, -0.2) is 0 Å². The van der Waals surface area contributed by atoms with Gasteiger partial charge in [0.25, 0.3) is 0 Å². The third kappa shape index (κ3) is 2.12. The van der Waals surface area contributed by atoms with Crippen molar-refractivity contribution in [1.82, 2.24) is 9.38 Å². The molecule has 2 N–H and O–H groups in total. The van der Waals surface area contributed by atoms with Gasteiger partial charge in [-0.2, -0.15) is 12.1 Å². The van der Waals surface area contributed by atoms with Gasteiger partial charge in [0.05, 0.1) is 10.8 Å². The predicted octanol–water partition coefficient (Wildman–Crippen LogP) is 0.842. The van der Waals surface area contributed by atoms with Gasteiger partial charge in [-0.05, 0) is 0 Å². The first-order valence-electron chi connectivity index (χ1n) is 4.26. The molecule has 2 heterocycles. The topological polar surface area (TPSA) is 60.4 Å².